The molecule has 0 unspecified atom stereocenters. The van der Waals surface area contributed by atoms with Crippen molar-refractivity contribution in [3.63, 3.8) is 0 Å². The Morgan fingerprint density at radius 1 is 1.36 bits per heavy atom. The van der Waals surface area contributed by atoms with Crippen molar-refractivity contribution in [2.24, 2.45) is 0 Å². The Kier molecular flexibility index (Phi) is 5.05. The number of rotatable bonds is 3. The molecule has 0 atom stereocenters. The van der Waals surface area contributed by atoms with E-state index in [0.717, 1.165) is 5.75 Å². The van der Waals surface area contributed by atoms with Crippen molar-refractivity contribution in [1.82, 2.24) is 0 Å². The molecule has 0 radical (unpaired) electrons. The third kappa shape index (κ3) is 4.10. The highest BCUT2D eigenvalue weighted by Gasteiger charge is 1.92. The largest absolute Gasteiger partial charge is 0.175 e. The summed E-state index contributed by atoms with van der Waals surface area (Å²) in [5.74, 6) is 0.799. The van der Waals surface area contributed by atoms with Crippen LogP contribution in [-0.2, 0) is 0 Å². The first-order valence-electron chi connectivity index (χ1n) is 3.69. The summed E-state index contributed by atoms with van der Waals surface area (Å²) >= 11 is 4.23. The molecule has 0 aromatic rings. The zero-order valence-corrected chi connectivity index (χ0v) is 8.41. The van der Waals surface area contributed by atoms with E-state index in [4.69, 9.17) is 0 Å². The molecule has 62 valence electrons. The Morgan fingerprint density at radius 2 is 1.91 bits per heavy atom. The molecule has 0 spiro atoms. The van der Waals surface area contributed by atoms with Crippen LogP contribution in [0.1, 0.15) is 20.8 Å². The monoisotopic (exact) mass is 168 g/mol. The summed E-state index contributed by atoms with van der Waals surface area (Å²) in [6, 6.07) is 0. The zero-order valence-electron chi connectivity index (χ0n) is 7.52. The van der Waals surface area contributed by atoms with Gasteiger partial charge in [-0.1, -0.05) is 29.9 Å². The summed E-state index contributed by atoms with van der Waals surface area (Å²) < 4.78 is 0. The maximum absolute atomic E-state index is 4.23. The van der Waals surface area contributed by atoms with E-state index in [1.807, 2.05) is 13.0 Å². The van der Waals surface area contributed by atoms with E-state index >= 15 is 0 Å². The molecular formula is C10H16S. The van der Waals surface area contributed by atoms with E-state index in [2.05, 4.69) is 39.1 Å². The lowest BCUT2D eigenvalue weighted by Gasteiger charge is -2.00. The van der Waals surface area contributed by atoms with E-state index in [-0.39, 0.29) is 0 Å². The molecule has 0 aromatic heterocycles. The molecule has 1 heteroatoms. The standard InChI is InChI=1S/C10H16S/c1-5-9(4)6-10(7-11)8(2)3/h5-6,11H,1,7H2,2-4H3/b9-6-. The van der Waals surface area contributed by atoms with Crippen molar-refractivity contribution in [2.75, 3.05) is 5.75 Å². The lowest BCUT2D eigenvalue weighted by Crippen LogP contribution is -1.84. The molecule has 0 bridgehead atoms. The molecule has 0 aliphatic carbocycles. The fourth-order valence-corrected chi connectivity index (χ4v) is 1.09. The molecule has 0 N–H and O–H groups in total. The highest BCUT2D eigenvalue weighted by atomic mass is 32.1. The third-order valence-electron chi connectivity index (χ3n) is 1.54. The van der Waals surface area contributed by atoms with Crippen LogP contribution in [0.15, 0.2) is 35.5 Å². The fraction of sp³-hybridized carbons (Fsp3) is 0.400. The van der Waals surface area contributed by atoms with Crippen LogP contribution in [0.5, 0.6) is 0 Å². The van der Waals surface area contributed by atoms with E-state index in [1.165, 1.54) is 16.7 Å². The molecular weight excluding hydrogens is 152 g/mol. The van der Waals surface area contributed by atoms with Gasteiger partial charge in [-0.25, -0.2) is 0 Å². The maximum atomic E-state index is 4.23. The second-order valence-electron chi connectivity index (χ2n) is 2.78. The lowest BCUT2D eigenvalue weighted by atomic mass is 10.1. The summed E-state index contributed by atoms with van der Waals surface area (Å²) in [4.78, 5) is 0. The van der Waals surface area contributed by atoms with Crippen LogP contribution in [-0.4, -0.2) is 5.75 Å². The first-order valence-corrected chi connectivity index (χ1v) is 4.33. The Balaban J connectivity index is 4.57. The Bertz CT molecular complexity index is 193. The normalized spacial score (nSPS) is 11.1. The number of thiol groups is 1. The fourth-order valence-electron chi connectivity index (χ4n) is 0.682. The molecule has 11 heavy (non-hydrogen) atoms. The molecule has 0 nitrogen and oxygen atoms in total. The van der Waals surface area contributed by atoms with E-state index < -0.39 is 0 Å². The second kappa shape index (κ2) is 5.25. The van der Waals surface area contributed by atoms with Crippen molar-refractivity contribution in [2.45, 2.75) is 20.8 Å². The SMILES string of the molecule is C=C/C(C)=C\C(CS)=C(C)C. The van der Waals surface area contributed by atoms with Gasteiger partial charge in [0.2, 0.25) is 0 Å². The molecule has 0 amide bonds. The summed E-state index contributed by atoms with van der Waals surface area (Å²) in [5, 5.41) is 0. The predicted molar refractivity (Wildman–Crippen MR) is 56.2 cm³/mol. The van der Waals surface area contributed by atoms with Gasteiger partial charge in [-0.3, -0.25) is 0 Å². The highest BCUT2D eigenvalue weighted by molar-refractivity contribution is 7.80. The first kappa shape index (κ1) is 10.6. The maximum Gasteiger partial charge on any atom is 0.0153 e. The van der Waals surface area contributed by atoms with Gasteiger partial charge >= 0.3 is 0 Å². The molecule has 0 rings (SSSR count). The van der Waals surface area contributed by atoms with Crippen LogP contribution in [0.3, 0.4) is 0 Å². The van der Waals surface area contributed by atoms with E-state index in [1.54, 1.807) is 0 Å². The van der Waals surface area contributed by atoms with Gasteiger partial charge in [0.25, 0.3) is 0 Å². The Labute approximate surface area is 75.1 Å². The average molecular weight is 168 g/mol. The molecule has 0 aliphatic rings. The van der Waals surface area contributed by atoms with Gasteiger partial charge in [0.05, 0.1) is 0 Å². The molecule has 0 aliphatic heterocycles. The van der Waals surface area contributed by atoms with Gasteiger partial charge < -0.3 is 0 Å². The van der Waals surface area contributed by atoms with E-state index in [0.29, 0.717) is 0 Å². The third-order valence-corrected chi connectivity index (χ3v) is 1.88. The van der Waals surface area contributed by atoms with Gasteiger partial charge in [0.1, 0.15) is 0 Å². The van der Waals surface area contributed by atoms with Crippen molar-refractivity contribution in [3.05, 3.63) is 35.5 Å². The average Bonchev–Trinajstić information content (AvgIpc) is 1.99. The zero-order chi connectivity index (χ0) is 8.85. The Hall–Kier alpha value is -0.430. The summed E-state index contributed by atoms with van der Waals surface area (Å²) in [6.07, 6.45) is 3.97. The van der Waals surface area contributed by atoms with Gasteiger partial charge in [0, 0.05) is 5.75 Å². The molecule has 0 saturated heterocycles. The van der Waals surface area contributed by atoms with Crippen LogP contribution in [0, 0.1) is 0 Å². The first-order chi connectivity index (χ1) is 5.11. The van der Waals surface area contributed by atoms with Crippen molar-refractivity contribution < 1.29 is 0 Å². The van der Waals surface area contributed by atoms with Crippen molar-refractivity contribution >= 4 is 12.6 Å². The van der Waals surface area contributed by atoms with Gasteiger partial charge in [0.15, 0.2) is 0 Å². The van der Waals surface area contributed by atoms with Gasteiger partial charge in [-0.05, 0) is 26.3 Å². The Morgan fingerprint density at radius 3 is 2.18 bits per heavy atom. The molecule has 0 aromatic carbocycles. The van der Waals surface area contributed by atoms with Crippen molar-refractivity contribution in [3.8, 4) is 0 Å². The van der Waals surface area contributed by atoms with Crippen LogP contribution in [0.25, 0.3) is 0 Å². The quantitative estimate of drug-likeness (QED) is 0.484. The smallest absolute Gasteiger partial charge is 0.0153 e. The van der Waals surface area contributed by atoms with E-state index in [9.17, 15) is 0 Å². The van der Waals surface area contributed by atoms with Crippen LogP contribution < -0.4 is 0 Å². The summed E-state index contributed by atoms with van der Waals surface area (Å²) in [6.45, 7) is 9.92. The number of allylic oxidation sites excluding steroid dienone is 4. The second-order valence-corrected chi connectivity index (χ2v) is 3.09. The summed E-state index contributed by atoms with van der Waals surface area (Å²) in [5.41, 5.74) is 3.79. The minimum Gasteiger partial charge on any atom is -0.175 e. The predicted octanol–water partition coefficient (Wildman–Crippen LogP) is 3.38. The lowest BCUT2D eigenvalue weighted by molar-refractivity contribution is 1.29. The topological polar surface area (TPSA) is 0 Å². The minimum atomic E-state index is 0.799. The number of hydrogen-bond donors (Lipinski definition) is 1. The summed E-state index contributed by atoms with van der Waals surface area (Å²) in [7, 11) is 0. The minimum absolute atomic E-state index is 0.799. The number of hydrogen-bond acceptors (Lipinski definition) is 1. The van der Waals surface area contributed by atoms with Gasteiger partial charge in [-0.15, -0.1) is 0 Å². The van der Waals surface area contributed by atoms with Crippen molar-refractivity contribution in [1.29, 1.82) is 0 Å². The van der Waals surface area contributed by atoms with Crippen LogP contribution in [0.4, 0.5) is 0 Å². The molecule has 0 heterocycles. The molecule has 0 saturated carbocycles. The molecule has 0 fully saturated rings. The highest BCUT2D eigenvalue weighted by Crippen LogP contribution is 2.09. The van der Waals surface area contributed by atoms with Gasteiger partial charge in [-0.2, -0.15) is 12.6 Å². The van der Waals surface area contributed by atoms with Crippen LogP contribution >= 0.6 is 12.6 Å². The van der Waals surface area contributed by atoms with Crippen LogP contribution in [0.2, 0.25) is 0 Å².